The number of carbonyl (C=O) groups excluding carboxylic acids is 3. The molecule has 1 saturated carbocycles. The smallest absolute Gasteiger partial charge is 0.303 e. The first-order chi connectivity index (χ1) is 12.8. The fraction of sp³-hybridized carbons (Fsp3) is 0.609. The quantitative estimate of drug-likeness (QED) is 0.556. The molecule has 0 heterocycles. The summed E-state index contributed by atoms with van der Waals surface area (Å²) in [7, 11) is 0. The van der Waals surface area contributed by atoms with E-state index in [9.17, 15) is 14.4 Å². The number of Topliss-reactive ketones (excluding diaryl/α,β-unsaturated/α-hetero) is 1. The summed E-state index contributed by atoms with van der Waals surface area (Å²) in [6.07, 6.45) is 11.7. The normalized spacial score (nSPS) is 37.3. The zero-order valence-corrected chi connectivity index (χ0v) is 16.5. The summed E-state index contributed by atoms with van der Waals surface area (Å²) in [5.74, 6) is 0.681. The van der Waals surface area contributed by atoms with Crippen LogP contribution in [0.1, 0.15) is 59.3 Å². The number of allylic oxidation sites excluding steroid dienone is 5. The Morgan fingerprint density at radius 2 is 2.00 bits per heavy atom. The average molecular weight is 368 g/mol. The first-order valence-electron chi connectivity index (χ1n) is 10.1. The van der Waals surface area contributed by atoms with E-state index in [1.54, 1.807) is 0 Å². The van der Waals surface area contributed by atoms with E-state index in [4.69, 9.17) is 4.74 Å². The van der Waals surface area contributed by atoms with Gasteiger partial charge in [-0.25, -0.2) is 0 Å². The van der Waals surface area contributed by atoms with Gasteiger partial charge in [0.05, 0.1) is 0 Å². The van der Waals surface area contributed by atoms with Crippen molar-refractivity contribution in [1.29, 1.82) is 0 Å². The molecule has 0 radical (unpaired) electrons. The average Bonchev–Trinajstić information content (AvgIpc) is 2.97. The maximum atomic E-state index is 12.7. The van der Waals surface area contributed by atoms with Crippen LogP contribution in [0.25, 0.3) is 0 Å². The fourth-order valence-electron chi connectivity index (χ4n) is 6.11. The van der Waals surface area contributed by atoms with E-state index in [2.05, 4.69) is 26.0 Å². The highest BCUT2D eigenvalue weighted by Crippen LogP contribution is 2.63. The highest BCUT2D eigenvalue weighted by atomic mass is 16.5. The Hall–Kier alpha value is -1.97. The van der Waals surface area contributed by atoms with Gasteiger partial charge in [0.25, 0.3) is 0 Å². The third-order valence-corrected chi connectivity index (χ3v) is 7.62. The molecule has 27 heavy (non-hydrogen) atoms. The zero-order valence-electron chi connectivity index (χ0n) is 16.5. The summed E-state index contributed by atoms with van der Waals surface area (Å²) < 4.78 is 4.96. The Bertz CT molecular complexity index is 814. The van der Waals surface area contributed by atoms with Gasteiger partial charge in [0.1, 0.15) is 0 Å². The summed E-state index contributed by atoms with van der Waals surface area (Å²) in [6, 6.07) is 0. The lowest BCUT2D eigenvalue weighted by Crippen LogP contribution is -2.44. The lowest BCUT2D eigenvalue weighted by Gasteiger charge is -2.53. The number of ketones is 2. The molecule has 144 valence electrons. The van der Waals surface area contributed by atoms with Crippen LogP contribution in [0, 0.1) is 22.7 Å². The van der Waals surface area contributed by atoms with Crippen LogP contribution in [0.5, 0.6) is 0 Å². The molecule has 4 aliphatic rings. The van der Waals surface area contributed by atoms with Gasteiger partial charge in [-0.1, -0.05) is 37.1 Å². The minimum atomic E-state index is -0.416. The second-order valence-electron chi connectivity index (χ2n) is 9.06. The maximum absolute atomic E-state index is 12.7. The third-order valence-electron chi connectivity index (χ3n) is 7.62. The number of esters is 1. The molecule has 0 aromatic carbocycles. The molecular formula is C23H28O4. The lowest BCUT2D eigenvalue weighted by molar-refractivity contribution is -0.145. The van der Waals surface area contributed by atoms with E-state index in [0.717, 1.165) is 37.7 Å². The van der Waals surface area contributed by atoms with Gasteiger partial charge in [0, 0.05) is 29.7 Å². The Morgan fingerprint density at radius 1 is 1.22 bits per heavy atom. The van der Waals surface area contributed by atoms with Gasteiger partial charge in [-0.2, -0.15) is 0 Å². The zero-order chi connectivity index (χ0) is 19.4. The Balaban J connectivity index is 1.62. The second kappa shape index (κ2) is 6.29. The monoisotopic (exact) mass is 368 g/mol. The molecule has 0 aromatic heterocycles. The van der Waals surface area contributed by atoms with Crippen LogP contribution in [0.4, 0.5) is 0 Å². The standard InChI is InChI=1S/C23H28O4/c1-14(24)27-13-21(26)20-7-6-18-17-5-4-15-12-16(25)8-10-22(15,2)19(17)9-11-23(18,20)3/h7,9,12,17-18H,4-6,8,10-11,13H2,1-3H3/t17?,18?,22-,23-/m0/s1. The first kappa shape index (κ1) is 18.4. The highest BCUT2D eigenvalue weighted by molar-refractivity contribution is 5.99. The summed E-state index contributed by atoms with van der Waals surface area (Å²) in [5.41, 5.74) is 3.49. The maximum Gasteiger partial charge on any atom is 0.303 e. The molecule has 0 amide bonds. The van der Waals surface area contributed by atoms with Crippen LogP contribution in [0.2, 0.25) is 0 Å². The van der Waals surface area contributed by atoms with E-state index in [0.29, 0.717) is 18.3 Å². The molecule has 4 atom stereocenters. The molecule has 4 heteroatoms. The van der Waals surface area contributed by atoms with Crippen molar-refractivity contribution in [3.63, 3.8) is 0 Å². The summed E-state index contributed by atoms with van der Waals surface area (Å²) >= 11 is 0. The molecule has 1 fully saturated rings. The number of hydrogen-bond acceptors (Lipinski definition) is 4. The van der Waals surface area contributed by atoms with E-state index >= 15 is 0 Å². The molecule has 0 bridgehead atoms. The summed E-state index contributed by atoms with van der Waals surface area (Å²) in [6.45, 7) is 5.69. The van der Waals surface area contributed by atoms with E-state index in [-0.39, 0.29) is 29.0 Å². The predicted molar refractivity (Wildman–Crippen MR) is 102 cm³/mol. The molecule has 2 unspecified atom stereocenters. The van der Waals surface area contributed by atoms with Gasteiger partial charge in [0.15, 0.2) is 18.2 Å². The van der Waals surface area contributed by atoms with Crippen LogP contribution < -0.4 is 0 Å². The number of rotatable bonds is 3. The topological polar surface area (TPSA) is 60.4 Å². The summed E-state index contributed by atoms with van der Waals surface area (Å²) in [5, 5.41) is 0. The minimum absolute atomic E-state index is 0.0165. The largest absolute Gasteiger partial charge is 0.457 e. The van der Waals surface area contributed by atoms with Crippen molar-refractivity contribution in [3.8, 4) is 0 Å². The van der Waals surface area contributed by atoms with Crippen molar-refractivity contribution in [2.75, 3.05) is 6.61 Å². The molecule has 0 spiro atoms. The van der Waals surface area contributed by atoms with Gasteiger partial charge in [-0.3, -0.25) is 14.4 Å². The first-order valence-corrected chi connectivity index (χ1v) is 10.1. The van der Waals surface area contributed by atoms with Crippen molar-refractivity contribution >= 4 is 17.5 Å². The fourth-order valence-corrected chi connectivity index (χ4v) is 6.11. The highest BCUT2D eigenvalue weighted by Gasteiger charge is 2.54. The molecule has 4 nitrogen and oxygen atoms in total. The van der Waals surface area contributed by atoms with E-state index < -0.39 is 5.97 Å². The second-order valence-corrected chi connectivity index (χ2v) is 9.06. The van der Waals surface area contributed by atoms with Crippen molar-refractivity contribution in [2.24, 2.45) is 22.7 Å². The van der Waals surface area contributed by atoms with Gasteiger partial charge < -0.3 is 4.74 Å². The van der Waals surface area contributed by atoms with Gasteiger partial charge in [-0.15, -0.1) is 0 Å². The molecule has 4 aliphatic carbocycles. The molecule has 0 N–H and O–H groups in total. The van der Waals surface area contributed by atoms with Crippen molar-refractivity contribution in [3.05, 3.63) is 34.9 Å². The molecular weight excluding hydrogens is 340 g/mol. The van der Waals surface area contributed by atoms with Gasteiger partial charge in [-0.05, 0) is 50.0 Å². The van der Waals surface area contributed by atoms with Crippen LogP contribution in [0.15, 0.2) is 34.9 Å². The van der Waals surface area contributed by atoms with Gasteiger partial charge >= 0.3 is 5.97 Å². The molecule has 0 saturated heterocycles. The Morgan fingerprint density at radius 3 is 2.74 bits per heavy atom. The van der Waals surface area contributed by atoms with Crippen molar-refractivity contribution in [1.82, 2.24) is 0 Å². The number of ether oxygens (including phenoxy) is 1. The van der Waals surface area contributed by atoms with Crippen LogP contribution >= 0.6 is 0 Å². The minimum Gasteiger partial charge on any atom is -0.457 e. The van der Waals surface area contributed by atoms with Crippen LogP contribution in [0.3, 0.4) is 0 Å². The van der Waals surface area contributed by atoms with Crippen LogP contribution in [-0.4, -0.2) is 24.1 Å². The van der Waals surface area contributed by atoms with E-state index in [1.165, 1.54) is 18.1 Å². The molecule has 4 rings (SSSR count). The predicted octanol–water partition coefficient (Wildman–Crippen LogP) is 4.11. The van der Waals surface area contributed by atoms with E-state index in [1.807, 2.05) is 6.08 Å². The van der Waals surface area contributed by atoms with Crippen molar-refractivity contribution in [2.45, 2.75) is 59.3 Å². The Kier molecular flexibility index (Phi) is 4.28. The van der Waals surface area contributed by atoms with Gasteiger partial charge in [0.2, 0.25) is 0 Å². The molecule has 0 aromatic rings. The van der Waals surface area contributed by atoms with Crippen molar-refractivity contribution < 1.29 is 19.1 Å². The summed E-state index contributed by atoms with van der Waals surface area (Å²) in [4.78, 5) is 35.7. The Labute approximate surface area is 160 Å². The lowest BCUT2D eigenvalue weighted by atomic mass is 9.51. The van der Waals surface area contributed by atoms with Crippen LogP contribution in [-0.2, 0) is 19.1 Å². The molecule has 0 aliphatic heterocycles. The number of hydrogen-bond donors (Lipinski definition) is 0. The number of carbonyl (C=O) groups is 3. The number of fused-ring (bicyclic) bond motifs is 5. The SMILES string of the molecule is CC(=O)OCC(=O)C1=CCC2C3CCC4=CC(=O)CC[C@]4(C)C3=CC[C@]12C. The third kappa shape index (κ3) is 2.76.